The SMILES string of the molecule is CCCCCCCCCCCN(CCCCCCCCCCC)Cc1ccccc1C(F)(F)F. The molecular formula is C30H52F3N. The second kappa shape index (κ2) is 20.2. The number of hydrogen-bond donors (Lipinski definition) is 0. The molecule has 0 radical (unpaired) electrons. The van der Waals surface area contributed by atoms with E-state index in [1.165, 1.54) is 115 Å². The summed E-state index contributed by atoms with van der Waals surface area (Å²) in [5.41, 5.74) is -0.0546. The van der Waals surface area contributed by atoms with Crippen LogP contribution in [0.1, 0.15) is 141 Å². The lowest BCUT2D eigenvalue weighted by Crippen LogP contribution is -2.27. The Hall–Kier alpha value is -1.03. The van der Waals surface area contributed by atoms with E-state index in [2.05, 4.69) is 18.7 Å². The first-order valence-electron chi connectivity index (χ1n) is 14.4. The minimum atomic E-state index is -4.28. The molecule has 1 aromatic carbocycles. The third kappa shape index (κ3) is 15.8. The number of benzene rings is 1. The van der Waals surface area contributed by atoms with E-state index < -0.39 is 11.7 Å². The summed E-state index contributed by atoms with van der Waals surface area (Å²) < 4.78 is 40.5. The molecule has 4 heteroatoms. The third-order valence-electron chi connectivity index (χ3n) is 6.87. The molecule has 0 aliphatic heterocycles. The standard InChI is InChI=1S/C30H52F3N/c1-3-5-7-9-11-13-15-17-21-25-34(26-22-18-16-14-12-10-8-6-4-2)27-28-23-19-20-24-29(28)30(31,32)33/h19-20,23-24H,3-18,21-22,25-27H2,1-2H3. The Kier molecular flexibility index (Phi) is 18.4. The van der Waals surface area contributed by atoms with Crippen LogP contribution in [0.3, 0.4) is 0 Å². The zero-order valence-electron chi connectivity index (χ0n) is 22.2. The lowest BCUT2D eigenvalue weighted by molar-refractivity contribution is -0.138. The van der Waals surface area contributed by atoms with Crippen molar-refractivity contribution in [3.05, 3.63) is 35.4 Å². The summed E-state index contributed by atoms with van der Waals surface area (Å²) >= 11 is 0. The van der Waals surface area contributed by atoms with E-state index in [0.717, 1.165) is 25.9 Å². The number of rotatable bonds is 22. The maximum atomic E-state index is 13.5. The van der Waals surface area contributed by atoms with Gasteiger partial charge in [-0.3, -0.25) is 4.90 Å². The number of nitrogens with zero attached hydrogens (tertiary/aromatic N) is 1. The van der Waals surface area contributed by atoms with Crippen LogP contribution >= 0.6 is 0 Å². The topological polar surface area (TPSA) is 3.24 Å². The van der Waals surface area contributed by atoms with Gasteiger partial charge < -0.3 is 0 Å². The van der Waals surface area contributed by atoms with E-state index in [-0.39, 0.29) is 0 Å². The van der Waals surface area contributed by atoms with Crippen LogP contribution < -0.4 is 0 Å². The first-order valence-corrected chi connectivity index (χ1v) is 14.4. The van der Waals surface area contributed by atoms with Gasteiger partial charge in [-0.2, -0.15) is 13.2 Å². The highest BCUT2D eigenvalue weighted by Crippen LogP contribution is 2.32. The first kappa shape index (κ1) is 31.0. The van der Waals surface area contributed by atoms with Gasteiger partial charge in [0.15, 0.2) is 0 Å². The van der Waals surface area contributed by atoms with Crippen molar-refractivity contribution in [2.45, 2.75) is 142 Å². The fraction of sp³-hybridized carbons (Fsp3) is 0.800. The fourth-order valence-corrected chi connectivity index (χ4v) is 4.74. The van der Waals surface area contributed by atoms with Gasteiger partial charge >= 0.3 is 6.18 Å². The quantitative estimate of drug-likeness (QED) is 0.148. The number of alkyl halides is 3. The van der Waals surface area contributed by atoms with Gasteiger partial charge in [0.1, 0.15) is 0 Å². The van der Waals surface area contributed by atoms with Crippen molar-refractivity contribution < 1.29 is 13.2 Å². The molecule has 0 aliphatic carbocycles. The largest absolute Gasteiger partial charge is 0.416 e. The zero-order chi connectivity index (χ0) is 24.9. The number of halogens is 3. The van der Waals surface area contributed by atoms with E-state index >= 15 is 0 Å². The molecule has 0 fully saturated rings. The molecule has 1 nitrogen and oxygen atoms in total. The molecule has 0 aliphatic rings. The van der Waals surface area contributed by atoms with Gasteiger partial charge in [-0.15, -0.1) is 0 Å². The molecule has 0 bridgehead atoms. The molecular weight excluding hydrogens is 431 g/mol. The maximum Gasteiger partial charge on any atom is 0.416 e. The van der Waals surface area contributed by atoms with E-state index in [1.807, 2.05) is 0 Å². The molecule has 0 atom stereocenters. The van der Waals surface area contributed by atoms with Gasteiger partial charge in [-0.05, 0) is 37.6 Å². The first-order chi connectivity index (χ1) is 16.5. The van der Waals surface area contributed by atoms with Crippen molar-refractivity contribution in [3.8, 4) is 0 Å². The average molecular weight is 484 g/mol. The van der Waals surface area contributed by atoms with Gasteiger partial charge in [-0.25, -0.2) is 0 Å². The zero-order valence-corrected chi connectivity index (χ0v) is 22.2. The van der Waals surface area contributed by atoms with E-state index in [1.54, 1.807) is 12.1 Å². The second-order valence-electron chi connectivity index (χ2n) is 10.1. The van der Waals surface area contributed by atoms with Crippen molar-refractivity contribution in [1.29, 1.82) is 0 Å². The summed E-state index contributed by atoms with van der Waals surface area (Å²) in [4.78, 5) is 2.27. The van der Waals surface area contributed by atoms with Crippen molar-refractivity contribution in [1.82, 2.24) is 4.90 Å². The van der Waals surface area contributed by atoms with Gasteiger partial charge in [0.05, 0.1) is 5.56 Å². The highest BCUT2D eigenvalue weighted by Gasteiger charge is 2.33. The highest BCUT2D eigenvalue weighted by molar-refractivity contribution is 5.29. The molecule has 0 saturated carbocycles. The van der Waals surface area contributed by atoms with Crippen LogP contribution in [0.25, 0.3) is 0 Å². The Balaban J connectivity index is 2.42. The molecule has 0 aromatic heterocycles. The monoisotopic (exact) mass is 483 g/mol. The Morgan fingerprint density at radius 1 is 0.559 bits per heavy atom. The van der Waals surface area contributed by atoms with E-state index in [9.17, 15) is 13.2 Å². The predicted octanol–water partition coefficient (Wildman–Crippen LogP) is 10.6. The number of unbranched alkanes of at least 4 members (excludes halogenated alkanes) is 16. The van der Waals surface area contributed by atoms with Crippen LogP contribution in [0.4, 0.5) is 13.2 Å². The van der Waals surface area contributed by atoms with Crippen molar-refractivity contribution in [2.75, 3.05) is 13.1 Å². The van der Waals surface area contributed by atoms with E-state index in [0.29, 0.717) is 12.1 Å². The molecule has 1 aromatic rings. The van der Waals surface area contributed by atoms with Gasteiger partial charge in [-0.1, -0.05) is 135 Å². The van der Waals surface area contributed by atoms with Crippen LogP contribution in [0.5, 0.6) is 0 Å². The summed E-state index contributed by atoms with van der Waals surface area (Å²) in [6, 6.07) is 6.12. The fourth-order valence-electron chi connectivity index (χ4n) is 4.74. The maximum absolute atomic E-state index is 13.5. The van der Waals surface area contributed by atoms with Crippen LogP contribution in [0.2, 0.25) is 0 Å². The molecule has 0 heterocycles. The van der Waals surface area contributed by atoms with Crippen molar-refractivity contribution in [2.24, 2.45) is 0 Å². The molecule has 0 N–H and O–H groups in total. The highest BCUT2D eigenvalue weighted by atomic mass is 19.4. The Morgan fingerprint density at radius 3 is 1.35 bits per heavy atom. The smallest absolute Gasteiger partial charge is 0.299 e. The molecule has 0 spiro atoms. The lowest BCUT2D eigenvalue weighted by atomic mass is 10.0. The molecule has 1 rings (SSSR count). The minimum Gasteiger partial charge on any atom is -0.299 e. The van der Waals surface area contributed by atoms with Gasteiger partial charge in [0, 0.05) is 6.54 Å². The summed E-state index contributed by atoms with van der Waals surface area (Å²) in [5.74, 6) is 0. The lowest BCUT2D eigenvalue weighted by Gasteiger charge is -2.24. The van der Waals surface area contributed by atoms with Crippen LogP contribution in [0, 0.1) is 0 Å². The van der Waals surface area contributed by atoms with Crippen molar-refractivity contribution in [3.63, 3.8) is 0 Å². The molecule has 0 unspecified atom stereocenters. The Morgan fingerprint density at radius 2 is 0.941 bits per heavy atom. The van der Waals surface area contributed by atoms with Gasteiger partial charge in [0.2, 0.25) is 0 Å². The van der Waals surface area contributed by atoms with Crippen LogP contribution in [-0.2, 0) is 12.7 Å². The van der Waals surface area contributed by atoms with Crippen molar-refractivity contribution >= 4 is 0 Å². The molecule has 34 heavy (non-hydrogen) atoms. The molecule has 0 amide bonds. The molecule has 198 valence electrons. The Labute approximate surface area is 208 Å². The Bertz CT molecular complexity index is 563. The third-order valence-corrected chi connectivity index (χ3v) is 6.87. The summed E-state index contributed by atoms with van der Waals surface area (Å²) in [5, 5.41) is 0. The van der Waals surface area contributed by atoms with E-state index in [4.69, 9.17) is 0 Å². The number of hydrogen-bond acceptors (Lipinski definition) is 1. The second-order valence-corrected chi connectivity index (χ2v) is 10.1. The normalized spacial score (nSPS) is 12.1. The van der Waals surface area contributed by atoms with Gasteiger partial charge in [0.25, 0.3) is 0 Å². The summed E-state index contributed by atoms with van der Waals surface area (Å²) in [7, 11) is 0. The average Bonchev–Trinajstić information content (AvgIpc) is 2.81. The minimum absolute atomic E-state index is 0.406. The summed E-state index contributed by atoms with van der Waals surface area (Å²) in [6.45, 7) is 6.70. The molecule has 0 saturated heterocycles. The summed E-state index contributed by atoms with van der Waals surface area (Å²) in [6.07, 6.45) is 18.6. The predicted molar refractivity (Wildman–Crippen MR) is 141 cm³/mol. The van der Waals surface area contributed by atoms with Crippen LogP contribution in [0.15, 0.2) is 24.3 Å². The van der Waals surface area contributed by atoms with Crippen LogP contribution in [-0.4, -0.2) is 18.0 Å².